The van der Waals surface area contributed by atoms with Crippen LogP contribution < -0.4 is 9.47 Å². The van der Waals surface area contributed by atoms with Gasteiger partial charge < -0.3 is 19.7 Å². The molecular weight excluding hydrogens is 320 g/mol. The fourth-order valence-corrected chi connectivity index (χ4v) is 2.63. The van der Waals surface area contributed by atoms with Crippen LogP contribution in [0.15, 0.2) is 42.2 Å². The monoisotopic (exact) mass is 340 g/mol. The number of phenolic OH excluding ortho intramolecular Hbond substituents is 2. The molecule has 130 valence electrons. The SMILES string of the molecule is CCCCCOc1ccc(C=C2Oc3cc(O)cc(O)c3C2=O)cc1. The number of aromatic hydroxyl groups is 2. The van der Waals surface area contributed by atoms with E-state index in [1.54, 1.807) is 6.08 Å². The number of carbonyl (C=O) groups is 1. The van der Waals surface area contributed by atoms with Gasteiger partial charge in [0, 0.05) is 12.1 Å². The minimum Gasteiger partial charge on any atom is -0.508 e. The summed E-state index contributed by atoms with van der Waals surface area (Å²) < 4.78 is 11.1. The molecule has 5 nitrogen and oxygen atoms in total. The largest absolute Gasteiger partial charge is 0.508 e. The molecule has 0 saturated heterocycles. The summed E-state index contributed by atoms with van der Waals surface area (Å²) >= 11 is 0. The molecule has 0 amide bonds. The van der Waals surface area contributed by atoms with E-state index in [1.165, 1.54) is 6.07 Å². The zero-order valence-electron chi connectivity index (χ0n) is 14.0. The summed E-state index contributed by atoms with van der Waals surface area (Å²) in [5.41, 5.74) is 0.848. The highest BCUT2D eigenvalue weighted by molar-refractivity contribution is 6.16. The van der Waals surface area contributed by atoms with Crippen molar-refractivity contribution in [1.29, 1.82) is 0 Å². The Balaban J connectivity index is 1.72. The van der Waals surface area contributed by atoms with Crippen molar-refractivity contribution in [1.82, 2.24) is 0 Å². The number of allylic oxidation sites excluding steroid dienone is 1. The average molecular weight is 340 g/mol. The molecule has 0 bridgehead atoms. The second-order valence-corrected chi connectivity index (χ2v) is 5.90. The average Bonchev–Trinajstić information content (AvgIpc) is 2.89. The molecule has 0 atom stereocenters. The topological polar surface area (TPSA) is 76.0 Å². The van der Waals surface area contributed by atoms with Gasteiger partial charge in [-0.3, -0.25) is 4.79 Å². The summed E-state index contributed by atoms with van der Waals surface area (Å²) in [5.74, 6) is 0.182. The van der Waals surface area contributed by atoms with Crippen LogP contribution in [0.4, 0.5) is 0 Å². The van der Waals surface area contributed by atoms with Gasteiger partial charge >= 0.3 is 0 Å². The number of carbonyl (C=O) groups excluding carboxylic acids is 1. The number of benzene rings is 2. The number of Topliss-reactive ketones (excluding diaryl/α,β-unsaturated/α-hetero) is 1. The lowest BCUT2D eigenvalue weighted by molar-refractivity contribution is 0.101. The zero-order valence-corrected chi connectivity index (χ0v) is 14.0. The first-order chi connectivity index (χ1) is 12.1. The van der Waals surface area contributed by atoms with Crippen LogP contribution in [0.5, 0.6) is 23.0 Å². The standard InChI is InChI=1S/C20H20O5/c1-2-3-4-9-24-15-7-5-13(6-8-15)10-18-20(23)19-16(22)11-14(21)12-17(19)25-18/h5-8,10-12,21-22H,2-4,9H2,1H3. The third-order valence-electron chi connectivity index (χ3n) is 3.93. The number of hydrogen-bond donors (Lipinski definition) is 2. The van der Waals surface area contributed by atoms with Crippen LogP contribution in [0.1, 0.15) is 42.1 Å². The molecule has 1 aliphatic rings. The van der Waals surface area contributed by atoms with Crippen LogP contribution in [0.2, 0.25) is 0 Å². The first-order valence-electron chi connectivity index (χ1n) is 8.31. The van der Waals surface area contributed by atoms with E-state index in [0.717, 1.165) is 36.6 Å². The van der Waals surface area contributed by atoms with Crippen molar-refractivity contribution in [2.75, 3.05) is 6.61 Å². The van der Waals surface area contributed by atoms with Gasteiger partial charge in [-0.2, -0.15) is 0 Å². The number of hydrogen-bond acceptors (Lipinski definition) is 5. The maximum Gasteiger partial charge on any atom is 0.235 e. The predicted octanol–water partition coefficient (Wildman–Crippen LogP) is 4.28. The Morgan fingerprint density at radius 2 is 1.88 bits per heavy atom. The van der Waals surface area contributed by atoms with Gasteiger partial charge in [0.05, 0.1) is 6.61 Å². The van der Waals surface area contributed by atoms with E-state index in [9.17, 15) is 15.0 Å². The first-order valence-corrected chi connectivity index (χ1v) is 8.31. The molecule has 1 aliphatic heterocycles. The van der Waals surface area contributed by atoms with E-state index >= 15 is 0 Å². The maximum atomic E-state index is 12.3. The number of ether oxygens (including phenoxy) is 2. The fourth-order valence-electron chi connectivity index (χ4n) is 2.63. The fraction of sp³-hybridized carbons (Fsp3) is 0.250. The van der Waals surface area contributed by atoms with Gasteiger partial charge in [0.25, 0.3) is 0 Å². The summed E-state index contributed by atoms with van der Waals surface area (Å²) in [4.78, 5) is 12.3. The first kappa shape index (κ1) is 16.9. The lowest BCUT2D eigenvalue weighted by Gasteiger charge is -2.06. The smallest absolute Gasteiger partial charge is 0.235 e. The Kier molecular flexibility index (Phi) is 4.93. The second-order valence-electron chi connectivity index (χ2n) is 5.90. The zero-order chi connectivity index (χ0) is 17.8. The summed E-state index contributed by atoms with van der Waals surface area (Å²) in [5, 5.41) is 19.3. The molecule has 0 radical (unpaired) electrons. The quantitative estimate of drug-likeness (QED) is 0.606. The van der Waals surface area contributed by atoms with Crippen molar-refractivity contribution >= 4 is 11.9 Å². The van der Waals surface area contributed by atoms with Crippen LogP contribution in [0.3, 0.4) is 0 Å². The van der Waals surface area contributed by atoms with Crippen LogP contribution in [-0.4, -0.2) is 22.6 Å². The van der Waals surface area contributed by atoms with E-state index in [1.807, 2.05) is 24.3 Å². The number of fused-ring (bicyclic) bond motifs is 1. The van der Waals surface area contributed by atoms with Crippen LogP contribution in [-0.2, 0) is 0 Å². The molecule has 1 heterocycles. The highest BCUT2D eigenvalue weighted by Gasteiger charge is 2.31. The third kappa shape index (κ3) is 3.76. The van der Waals surface area contributed by atoms with E-state index in [4.69, 9.17) is 9.47 Å². The van der Waals surface area contributed by atoms with Gasteiger partial charge in [0.15, 0.2) is 5.76 Å². The van der Waals surface area contributed by atoms with Gasteiger partial charge in [0.1, 0.15) is 28.6 Å². The second kappa shape index (κ2) is 7.30. The Morgan fingerprint density at radius 3 is 2.60 bits per heavy atom. The lowest BCUT2D eigenvalue weighted by atomic mass is 10.1. The molecule has 0 saturated carbocycles. The molecule has 0 aromatic heterocycles. The van der Waals surface area contributed by atoms with Crippen LogP contribution >= 0.6 is 0 Å². The highest BCUT2D eigenvalue weighted by Crippen LogP contribution is 2.40. The number of unbranched alkanes of at least 4 members (excludes halogenated alkanes) is 2. The van der Waals surface area contributed by atoms with Gasteiger partial charge in [0.2, 0.25) is 5.78 Å². The molecule has 2 aromatic rings. The van der Waals surface area contributed by atoms with Crippen molar-refractivity contribution in [3.05, 3.63) is 53.3 Å². The van der Waals surface area contributed by atoms with Gasteiger partial charge in [-0.15, -0.1) is 0 Å². The molecule has 2 aromatic carbocycles. The Morgan fingerprint density at radius 1 is 1.12 bits per heavy atom. The molecule has 5 heteroatoms. The molecule has 25 heavy (non-hydrogen) atoms. The minimum absolute atomic E-state index is 0.0694. The van der Waals surface area contributed by atoms with Crippen molar-refractivity contribution in [3.8, 4) is 23.0 Å². The maximum absolute atomic E-state index is 12.3. The van der Waals surface area contributed by atoms with E-state index < -0.39 is 5.78 Å². The summed E-state index contributed by atoms with van der Waals surface area (Å²) in [6, 6.07) is 9.77. The summed E-state index contributed by atoms with van der Waals surface area (Å²) in [7, 11) is 0. The van der Waals surface area contributed by atoms with Crippen molar-refractivity contribution in [2.45, 2.75) is 26.2 Å². The lowest BCUT2D eigenvalue weighted by Crippen LogP contribution is -1.99. The van der Waals surface area contributed by atoms with Crippen molar-refractivity contribution < 1.29 is 24.5 Å². The molecule has 3 rings (SSSR count). The Bertz CT molecular complexity index is 806. The van der Waals surface area contributed by atoms with Crippen LogP contribution in [0.25, 0.3) is 6.08 Å². The number of ketones is 1. The van der Waals surface area contributed by atoms with E-state index in [-0.39, 0.29) is 28.6 Å². The summed E-state index contributed by atoms with van der Waals surface area (Å²) in [6.07, 6.45) is 4.92. The molecule has 0 aliphatic carbocycles. The number of phenols is 2. The highest BCUT2D eigenvalue weighted by atomic mass is 16.5. The molecule has 0 unspecified atom stereocenters. The van der Waals surface area contributed by atoms with Gasteiger partial charge in [-0.25, -0.2) is 0 Å². The molecule has 0 fully saturated rings. The summed E-state index contributed by atoms with van der Waals surface area (Å²) in [6.45, 7) is 2.84. The Labute approximate surface area is 146 Å². The predicted molar refractivity (Wildman–Crippen MR) is 94.2 cm³/mol. The normalized spacial score (nSPS) is 14.4. The minimum atomic E-state index is -0.410. The van der Waals surface area contributed by atoms with Crippen LogP contribution in [0, 0.1) is 0 Å². The van der Waals surface area contributed by atoms with Crippen molar-refractivity contribution in [2.24, 2.45) is 0 Å². The van der Waals surface area contributed by atoms with E-state index in [0.29, 0.717) is 6.61 Å². The van der Waals surface area contributed by atoms with Crippen molar-refractivity contribution in [3.63, 3.8) is 0 Å². The number of rotatable bonds is 6. The molecule has 0 spiro atoms. The third-order valence-corrected chi connectivity index (χ3v) is 3.93. The molecule has 2 N–H and O–H groups in total. The molecular formula is C20H20O5. The Hall–Kier alpha value is -2.95. The van der Waals surface area contributed by atoms with E-state index in [2.05, 4.69) is 6.92 Å². The van der Waals surface area contributed by atoms with Gasteiger partial charge in [-0.05, 0) is 30.2 Å². The van der Waals surface area contributed by atoms with Gasteiger partial charge in [-0.1, -0.05) is 31.9 Å².